The van der Waals surface area contributed by atoms with Crippen molar-refractivity contribution in [2.24, 2.45) is 4.99 Å². The minimum Gasteiger partial charge on any atom is -0.429 e. The second-order valence-corrected chi connectivity index (χ2v) is 6.63. The number of aromatic nitrogens is 1. The average Bonchev–Trinajstić information content (AvgIpc) is 2.56. The maximum Gasteiger partial charge on any atom is 0.297 e. The van der Waals surface area contributed by atoms with Crippen LogP contribution in [0.15, 0.2) is 9.41 Å². The maximum absolute atomic E-state index is 6.02. The molecular formula is C13H23BN2O. The van der Waals surface area contributed by atoms with Crippen LogP contribution in [0, 0.1) is 0 Å². The number of rotatable bonds is 0. The third-order valence-corrected chi connectivity index (χ3v) is 3.61. The van der Waals surface area contributed by atoms with Gasteiger partial charge >= 0.3 is 0 Å². The molecule has 0 N–H and O–H groups in total. The zero-order valence-electron chi connectivity index (χ0n) is 11.9. The van der Waals surface area contributed by atoms with Crippen molar-refractivity contribution in [3.63, 3.8) is 0 Å². The molecule has 4 heteroatoms. The fourth-order valence-corrected chi connectivity index (χ4v) is 2.82. The van der Waals surface area contributed by atoms with Crippen LogP contribution in [-0.4, -0.2) is 19.5 Å². The Labute approximate surface area is 104 Å². The highest BCUT2D eigenvalue weighted by molar-refractivity contribution is 6.15. The molecule has 1 aromatic rings. The lowest BCUT2D eigenvalue weighted by Gasteiger charge is -2.30. The van der Waals surface area contributed by atoms with Crippen LogP contribution < -0.4 is 5.68 Å². The molecule has 3 nitrogen and oxygen atoms in total. The molecule has 0 amide bonds. The van der Waals surface area contributed by atoms with Gasteiger partial charge in [0, 0.05) is 12.6 Å². The predicted octanol–water partition coefficient (Wildman–Crippen LogP) is 1.55. The first kappa shape index (κ1) is 12.5. The van der Waals surface area contributed by atoms with Gasteiger partial charge in [-0.2, -0.15) is 0 Å². The highest BCUT2D eigenvalue weighted by Crippen LogP contribution is 2.35. The third kappa shape index (κ3) is 1.98. The van der Waals surface area contributed by atoms with Gasteiger partial charge in [-0.3, -0.25) is 4.57 Å². The second kappa shape index (κ2) is 3.79. The minimum absolute atomic E-state index is 0.0271. The molecule has 1 heterocycles. The van der Waals surface area contributed by atoms with Crippen molar-refractivity contribution in [2.45, 2.75) is 57.8 Å². The van der Waals surface area contributed by atoms with E-state index in [1.165, 1.54) is 18.5 Å². The SMILES string of the molecule is BC1(C)CCCc2c1o/c(=N/C)n2C(C)(C)C. The lowest BCUT2D eigenvalue weighted by Crippen LogP contribution is -2.35. The van der Waals surface area contributed by atoms with Gasteiger partial charge in [0.25, 0.3) is 5.68 Å². The van der Waals surface area contributed by atoms with Gasteiger partial charge in [0.05, 0.1) is 5.69 Å². The molecule has 2 rings (SSSR count). The normalized spacial score (nSPS) is 26.1. The van der Waals surface area contributed by atoms with Crippen molar-refractivity contribution in [3.8, 4) is 0 Å². The lowest BCUT2D eigenvalue weighted by atomic mass is 9.62. The number of hydrogen-bond acceptors (Lipinski definition) is 2. The first-order valence-corrected chi connectivity index (χ1v) is 6.46. The van der Waals surface area contributed by atoms with E-state index in [9.17, 15) is 0 Å². The van der Waals surface area contributed by atoms with Gasteiger partial charge in [0.1, 0.15) is 13.6 Å². The highest BCUT2D eigenvalue weighted by atomic mass is 16.4. The van der Waals surface area contributed by atoms with Crippen LogP contribution in [0.5, 0.6) is 0 Å². The number of fused-ring (bicyclic) bond motifs is 1. The average molecular weight is 234 g/mol. The maximum atomic E-state index is 6.02. The van der Waals surface area contributed by atoms with Crippen molar-refractivity contribution >= 4 is 7.85 Å². The molecule has 0 saturated carbocycles. The van der Waals surface area contributed by atoms with Crippen LogP contribution in [0.2, 0.25) is 0 Å². The molecule has 1 aliphatic rings. The first-order valence-electron chi connectivity index (χ1n) is 6.46. The quantitative estimate of drug-likeness (QED) is 0.626. The molecule has 0 saturated heterocycles. The Morgan fingerprint density at radius 2 is 2.06 bits per heavy atom. The molecule has 1 aromatic heterocycles. The summed E-state index contributed by atoms with van der Waals surface area (Å²) in [5.41, 5.74) is 2.13. The summed E-state index contributed by atoms with van der Waals surface area (Å²) in [7, 11) is 4.07. The second-order valence-electron chi connectivity index (χ2n) is 6.63. The summed E-state index contributed by atoms with van der Waals surface area (Å²) in [5, 5.41) is 0.142. The minimum atomic E-state index is 0.0271. The van der Waals surface area contributed by atoms with Gasteiger partial charge in [0.2, 0.25) is 0 Å². The molecule has 94 valence electrons. The molecule has 0 radical (unpaired) electrons. The van der Waals surface area contributed by atoms with Crippen molar-refractivity contribution in [1.82, 2.24) is 4.57 Å². The van der Waals surface area contributed by atoms with Gasteiger partial charge in [-0.05, 0) is 45.3 Å². The Morgan fingerprint density at radius 3 is 2.59 bits per heavy atom. The molecule has 0 bridgehead atoms. The largest absolute Gasteiger partial charge is 0.429 e. The fraction of sp³-hybridized carbons (Fsp3) is 0.769. The van der Waals surface area contributed by atoms with Crippen molar-refractivity contribution < 1.29 is 4.42 Å². The van der Waals surface area contributed by atoms with E-state index in [0.29, 0.717) is 0 Å². The van der Waals surface area contributed by atoms with Crippen LogP contribution in [0.3, 0.4) is 0 Å². The number of nitrogens with zero attached hydrogens (tertiary/aromatic N) is 2. The summed E-state index contributed by atoms with van der Waals surface area (Å²) < 4.78 is 8.29. The zero-order chi connectivity index (χ0) is 12.8. The summed E-state index contributed by atoms with van der Waals surface area (Å²) in [5.74, 6) is 1.14. The van der Waals surface area contributed by atoms with Crippen molar-refractivity contribution in [2.75, 3.05) is 7.05 Å². The van der Waals surface area contributed by atoms with E-state index >= 15 is 0 Å². The standard InChI is InChI=1S/C13H23BN2O/c1-12(2,3)16-9-7-6-8-13(4,14)10(9)17-11(16)15-5/h6-8,14H2,1-5H3/b15-11+. The Bertz CT molecular complexity index is 488. The van der Waals surface area contributed by atoms with Crippen LogP contribution in [-0.2, 0) is 17.3 Å². The Morgan fingerprint density at radius 1 is 1.41 bits per heavy atom. The van der Waals surface area contributed by atoms with Crippen LogP contribution in [0.25, 0.3) is 0 Å². The monoisotopic (exact) mass is 234 g/mol. The molecule has 0 fully saturated rings. The Hall–Kier alpha value is -0.925. The molecule has 1 atom stereocenters. The number of oxazole rings is 1. The smallest absolute Gasteiger partial charge is 0.297 e. The van der Waals surface area contributed by atoms with E-state index in [2.05, 4.69) is 45.1 Å². The summed E-state index contributed by atoms with van der Waals surface area (Å²) in [6.07, 6.45) is 3.54. The fourth-order valence-electron chi connectivity index (χ4n) is 2.82. The molecule has 0 aliphatic heterocycles. The van der Waals surface area contributed by atoms with E-state index < -0.39 is 0 Å². The van der Waals surface area contributed by atoms with Gasteiger partial charge < -0.3 is 4.42 Å². The zero-order valence-corrected chi connectivity index (χ0v) is 11.9. The van der Waals surface area contributed by atoms with Crippen molar-refractivity contribution in [3.05, 3.63) is 17.1 Å². The molecule has 1 aliphatic carbocycles. The van der Waals surface area contributed by atoms with Crippen molar-refractivity contribution in [1.29, 1.82) is 0 Å². The van der Waals surface area contributed by atoms with Gasteiger partial charge in [-0.25, -0.2) is 4.99 Å². The topological polar surface area (TPSA) is 30.4 Å². The Kier molecular flexibility index (Phi) is 2.79. The molecule has 0 aromatic carbocycles. The third-order valence-electron chi connectivity index (χ3n) is 3.61. The molecule has 1 unspecified atom stereocenters. The van der Waals surface area contributed by atoms with Gasteiger partial charge in [-0.15, -0.1) is 0 Å². The summed E-state index contributed by atoms with van der Waals surface area (Å²) in [4.78, 5) is 4.30. The predicted molar refractivity (Wildman–Crippen MR) is 72.0 cm³/mol. The molecular weight excluding hydrogens is 211 g/mol. The highest BCUT2D eigenvalue weighted by Gasteiger charge is 2.35. The Balaban J connectivity index is 2.74. The van der Waals surface area contributed by atoms with E-state index in [1.807, 2.05) is 0 Å². The lowest BCUT2D eigenvalue weighted by molar-refractivity contribution is 0.331. The van der Waals surface area contributed by atoms with Crippen LogP contribution in [0.1, 0.15) is 52.0 Å². The van der Waals surface area contributed by atoms with E-state index in [4.69, 9.17) is 4.42 Å². The summed E-state index contributed by atoms with van der Waals surface area (Å²) >= 11 is 0. The molecule has 0 spiro atoms. The first-order chi connectivity index (χ1) is 7.77. The van der Waals surface area contributed by atoms with Gasteiger partial charge in [0.15, 0.2) is 0 Å². The summed E-state index contributed by atoms with van der Waals surface area (Å²) in [6, 6.07) is 0. The number of hydrogen-bond donors (Lipinski definition) is 0. The van der Waals surface area contributed by atoms with Gasteiger partial charge in [-0.1, -0.05) is 6.92 Å². The van der Waals surface area contributed by atoms with E-state index in [0.717, 1.165) is 17.9 Å². The molecule has 17 heavy (non-hydrogen) atoms. The van der Waals surface area contributed by atoms with Crippen LogP contribution >= 0.6 is 0 Å². The van der Waals surface area contributed by atoms with E-state index in [1.54, 1.807) is 7.05 Å². The van der Waals surface area contributed by atoms with E-state index in [-0.39, 0.29) is 10.9 Å². The van der Waals surface area contributed by atoms with Crippen LogP contribution in [0.4, 0.5) is 0 Å². The summed E-state index contributed by atoms with van der Waals surface area (Å²) in [6.45, 7) is 8.89.